The Hall–Kier alpha value is -0.910. The number of amides is 1. The summed E-state index contributed by atoms with van der Waals surface area (Å²) in [5.74, 6) is 0.0460. The van der Waals surface area contributed by atoms with Crippen LogP contribution in [0.2, 0.25) is 0 Å². The van der Waals surface area contributed by atoms with Crippen molar-refractivity contribution in [3.63, 3.8) is 0 Å². The first kappa shape index (κ1) is 15.1. The summed E-state index contributed by atoms with van der Waals surface area (Å²) in [4.78, 5) is 14.0. The normalized spacial score (nSPS) is 19.4. The summed E-state index contributed by atoms with van der Waals surface area (Å²) in [5, 5.41) is 11.5. The number of rotatable bonds is 7. The first-order chi connectivity index (χ1) is 8.69. The number of hydrogen-bond donors (Lipinski definition) is 2. The molecule has 0 bridgehead atoms. The molecule has 1 aliphatic rings. The minimum absolute atomic E-state index is 0.0460. The standard InChI is InChI=1S/C13H24N2O3/c1-3-6-14-13(17)11(2)15-7-4-12(5-8-15)18-10-9-16/h3,11-12,16H,1,4-10H2,2H3,(H,14,17). The fraction of sp³-hybridized carbons (Fsp3) is 0.769. The highest BCUT2D eigenvalue weighted by Gasteiger charge is 2.26. The van der Waals surface area contributed by atoms with Crippen LogP contribution in [-0.4, -0.2) is 60.9 Å². The molecule has 1 heterocycles. The van der Waals surface area contributed by atoms with Crippen LogP contribution in [0.4, 0.5) is 0 Å². The second-order valence-corrected chi connectivity index (χ2v) is 4.54. The second-order valence-electron chi connectivity index (χ2n) is 4.54. The maximum atomic E-state index is 11.8. The molecule has 0 aromatic carbocycles. The highest BCUT2D eigenvalue weighted by Crippen LogP contribution is 2.15. The van der Waals surface area contributed by atoms with E-state index in [1.807, 2.05) is 6.92 Å². The van der Waals surface area contributed by atoms with Gasteiger partial charge in [0.25, 0.3) is 0 Å². The predicted octanol–water partition coefficient (Wildman–Crippen LogP) is 0.150. The maximum Gasteiger partial charge on any atom is 0.237 e. The Balaban J connectivity index is 2.28. The third kappa shape index (κ3) is 4.76. The molecule has 0 aromatic heterocycles. The molecule has 1 fully saturated rings. The molecule has 0 spiro atoms. The van der Waals surface area contributed by atoms with Crippen LogP contribution in [0.1, 0.15) is 19.8 Å². The Morgan fingerprint density at radius 3 is 2.83 bits per heavy atom. The number of aliphatic hydroxyl groups excluding tert-OH is 1. The molecule has 1 saturated heterocycles. The van der Waals surface area contributed by atoms with Crippen LogP contribution in [0.25, 0.3) is 0 Å². The van der Waals surface area contributed by atoms with Crippen molar-refractivity contribution >= 4 is 5.91 Å². The van der Waals surface area contributed by atoms with Crippen LogP contribution in [0.5, 0.6) is 0 Å². The summed E-state index contributed by atoms with van der Waals surface area (Å²) in [7, 11) is 0. The van der Waals surface area contributed by atoms with Gasteiger partial charge in [-0.05, 0) is 19.8 Å². The first-order valence-electron chi connectivity index (χ1n) is 6.54. The number of piperidine rings is 1. The molecule has 1 amide bonds. The van der Waals surface area contributed by atoms with Crippen molar-refractivity contribution in [2.45, 2.75) is 31.9 Å². The van der Waals surface area contributed by atoms with Crippen molar-refractivity contribution in [2.24, 2.45) is 0 Å². The molecule has 1 atom stereocenters. The Bertz CT molecular complexity index is 263. The quantitative estimate of drug-likeness (QED) is 0.637. The van der Waals surface area contributed by atoms with E-state index in [2.05, 4.69) is 16.8 Å². The highest BCUT2D eigenvalue weighted by molar-refractivity contribution is 5.81. The van der Waals surface area contributed by atoms with Gasteiger partial charge in [0.05, 0.1) is 25.4 Å². The van der Waals surface area contributed by atoms with Gasteiger partial charge in [-0.25, -0.2) is 0 Å². The van der Waals surface area contributed by atoms with Gasteiger partial charge in [-0.1, -0.05) is 6.08 Å². The molecular formula is C13H24N2O3. The lowest BCUT2D eigenvalue weighted by Crippen LogP contribution is -2.49. The zero-order valence-electron chi connectivity index (χ0n) is 11.1. The summed E-state index contributed by atoms with van der Waals surface area (Å²) in [6.45, 7) is 8.21. The largest absolute Gasteiger partial charge is 0.394 e. The molecule has 18 heavy (non-hydrogen) atoms. The topological polar surface area (TPSA) is 61.8 Å². The SMILES string of the molecule is C=CCNC(=O)C(C)N1CCC(OCCO)CC1. The summed E-state index contributed by atoms with van der Waals surface area (Å²) < 4.78 is 5.50. The number of carbonyl (C=O) groups excluding carboxylic acids is 1. The Morgan fingerprint density at radius 1 is 1.61 bits per heavy atom. The third-order valence-electron chi connectivity index (χ3n) is 3.27. The molecule has 1 aliphatic heterocycles. The number of aliphatic hydroxyl groups is 1. The monoisotopic (exact) mass is 256 g/mol. The molecule has 104 valence electrons. The summed E-state index contributed by atoms with van der Waals surface area (Å²) in [6, 6.07) is -0.108. The van der Waals surface area contributed by atoms with Gasteiger partial charge in [0, 0.05) is 19.6 Å². The maximum absolute atomic E-state index is 11.8. The first-order valence-corrected chi connectivity index (χ1v) is 6.54. The number of nitrogens with one attached hydrogen (secondary N) is 1. The molecule has 5 heteroatoms. The van der Waals surface area contributed by atoms with E-state index in [4.69, 9.17) is 9.84 Å². The molecule has 0 aromatic rings. The van der Waals surface area contributed by atoms with E-state index in [1.165, 1.54) is 0 Å². The molecule has 0 radical (unpaired) electrons. The van der Waals surface area contributed by atoms with Crippen LogP contribution < -0.4 is 5.32 Å². The summed E-state index contributed by atoms with van der Waals surface area (Å²) >= 11 is 0. The zero-order valence-corrected chi connectivity index (χ0v) is 11.1. The van der Waals surface area contributed by atoms with Crippen molar-refractivity contribution in [3.8, 4) is 0 Å². The van der Waals surface area contributed by atoms with Crippen LogP contribution in [0.3, 0.4) is 0 Å². The lowest BCUT2D eigenvalue weighted by atomic mass is 10.1. The van der Waals surface area contributed by atoms with Gasteiger partial charge >= 0.3 is 0 Å². The Labute approximate surface area is 109 Å². The van der Waals surface area contributed by atoms with Crippen molar-refractivity contribution in [1.82, 2.24) is 10.2 Å². The van der Waals surface area contributed by atoms with Crippen LogP contribution >= 0.6 is 0 Å². The van der Waals surface area contributed by atoms with Gasteiger partial charge < -0.3 is 15.2 Å². The van der Waals surface area contributed by atoms with E-state index in [1.54, 1.807) is 6.08 Å². The lowest BCUT2D eigenvalue weighted by molar-refractivity contribution is -0.126. The summed E-state index contributed by atoms with van der Waals surface area (Å²) in [5.41, 5.74) is 0. The molecule has 2 N–H and O–H groups in total. The Kier molecular flexibility index (Phi) is 6.93. The summed E-state index contributed by atoms with van der Waals surface area (Å²) in [6.07, 6.45) is 3.73. The Morgan fingerprint density at radius 2 is 2.28 bits per heavy atom. The molecule has 5 nitrogen and oxygen atoms in total. The fourth-order valence-corrected chi connectivity index (χ4v) is 2.14. The van der Waals surface area contributed by atoms with E-state index in [9.17, 15) is 4.79 Å². The van der Waals surface area contributed by atoms with Gasteiger partial charge in [-0.2, -0.15) is 0 Å². The number of hydrogen-bond acceptors (Lipinski definition) is 4. The van der Waals surface area contributed by atoms with Gasteiger partial charge in [0.2, 0.25) is 5.91 Å². The third-order valence-corrected chi connectivity index (χ3v) is 3.27. The number of ether oxygens (including phenoxy) is 1. The van der Waals surface area contributed by atoms with Crippen molar-refractivity contribution in [1.29, 1.82) is 0 Å². The molecule has 0 aliphatic carbocycles. The van der Waals surface area contributed by atoms with E-state index >= 15 is 0 Å². The number of nitrogens with zero attached hydrogens (tertiary/aromatic N) is 1. The van der Waals surface area contributed by atoms with Crippen molar-refractivity contribution in [3.05, 3.63) is 12.7 Å². The highest BCUT2D eigenvalue weighted by atomic mass is 16.5. The van der Waals surface area contributed by atoms with Crippen LogP contribution in [0, 0.1) is 0 Å². The van der Waals surface area contributed by atoms with Gasteiger partial charge in [0.15, 0.2) is 0 Å². The minimum atomic E-state index is -0.108. The fourth-order valence-electron chi connectivity index (χ4n) is 2.14. The minimum Gasteiger partial charge on any atom is -0.394 e. The van der Waals surface area contributed by atoms with Crippen molar-refractivity contribution < 1.29 is 14.6 Å². The smallest absolute Gasteiger partial charge is 0.237 e. The van der Waals surface area contributed by atoms with Crippen LogP contribution in [-0.2, 0) is 9.53 Å². The van der Waals surface area contributed by atoms with E-state index in [-0.39, 0.29) is 24.7 Å². The zero-order chi connectivity index (χ0) is 13.4. The van der Waals surface area contributed by atoms with Gasteiger partial charge in [-0.3, -0.25) is 9.69 Å². The average Bonchev–Trinajstić information content (AvgIpc) is 2.42. The second kappa shape index (κ2) is 8.24. The van der Waals surface area contributed by atoms with Crippen LogP contribution in [0.15, 0.2) is 12.7 Å². The number of carbonyl (C=O) groups is 1. The van der Waals surface area contributed by atoms with Gasteiger partial charge in [0.1, 0.15) is 0 Å². The van der Waals surface area contributed by atoms with Gasteiger partial charge in [-0.15, -0.1) is 6.58 Å². The number of likely N-dealkylation sites (tertiary alicyclic amines) is 1. The lowest BCUT2D eigenvalue weighted by Gasteiger charge is -2.35. The molecule has 0 saturated carbocycles. The molecule has 1 rings (SSSR count). The van der Waals surface area contributed by atoms with Crippen molar-refractivity contribution in [2.75, 3.05) is 32.8 Å². The molecule has 1 unspecified atom stereocenters. The van der Waals surface area contributed by atoms with E-state index < -0.39 is 0 Å². The predicted molar refractivity (Wildman–Crippen MR) is 70.3 cm³/mol. The average molecular weight is 256 g/mol. The van der Waals surface area contributed by atoms with E-state index in [0.717, 1.165) is 25.9 Å². The molecular weight excluding hydrogens is 232 g/mol. The van der Waals surface area contributed by atoms with E-state index in [0.29, 0.717) is 13.2 Å².